The number of halogens is 1. The first-order valence-corrected chi connectivity index (χ1v) is 8.23. The number of hydrogen-bond donors (Lipinski definition) is 1. The molecule has 1 saturated carbocycles. The van der Waals surface area contributed by atoms with Crippen LogP contribution in [0.5, 0.6) is 0 Å². The Bertz CT molecular complexity index is 452. The van der Waals surface area contributed by atoms with Crippen LogP contribution >= 0.6 is 0 Å². The third-order valence-corrected chi connectivity index (χ3v) is 6.14. The number of rotatable bonds is 4. The molecule has 0 amide bonds. The van der Waals surface area contributed by atoms with Crippen LogP contribution in [0, 0.1) is 17.7 Å². The molecule has 0 aliphatic heterocycles. The third kappa shape index (κ3) is 3.23. The van der Waals surface area contributed by atoms with E-state index in [4.69, 9.17) is 5.73 Å². The van der Waals surface area contributed by atoms with Crippen molar-refractivity contribution in [3.63, 3.8) is 0 Å². The summed E-state index contributed by atoms with van der Waals surface area (Å²) in [6.45, 7) is 2.71. The van der Waals surface area contributed by atoms with E-state index in [9.17, 15) is 8.60 Å². The molecule has 4 heteroatoms. The summed E-state index contributed by atoms with van der Waals surface area (Å²) in [6.07, 6.45) is 4.17. The Balaban J connectivity index is 2.22. The highest BCUT2D eigenvalue weighted by molar-refractivity contribution is 7.85. The van der Waals surface area contributed by atoms with Gasteiger partial charge in [0, 0.05) is 5.25 Å². The lowest BCUT2D eigenvalue weighted by molar-refractivity contribution is 0.280. The molecule has 0 aromatic heterocycles. The molecule has 106 valence electrons. The minimum atomic E-state index is -1.29. The predicted octanol–water partition coefficient (Wildman–Crippen LogP) is 3.09. The van der Waals surface area contributed by atoms with E-state index in [1.54, 1.807) is 18.2 Å². The molecule has 2 N–H and O–H groups in total. The maximum atomic E-state index is 13.8. The Hall–Kier alpha value is -0.740. The first-order valence-electron chi connectivity index (χ1n) is 7.02. The smallest absolute Gasteiger partial charge is 0.139 e. The normalized spacial score (nSPS) is 29.1. The molecule has 0 bridgehead atoms. The molecular weight excluding hydrogens is 261 g/mol. The van der Waals surface area contributed by atoms with Crippen molar-refractivity contribution in [3.05, 3.63) is 30.1 Å². The molecule has 4 unspecified atom stereocenters. The van der Waals surface area contributed by atoms with E-state index in [0.717, 1.165) is 25.7 Å². The van der Waals surface area contributed by atoms with Crippen LogP contribution in [-0.4, -0.2) is 16.0 Å². The van der Waals surface area contributed by atoms with Gasteiger partial charge in [-0.25, -0.2) is 4.39 Å². The van der Waals surface area contributed by atoms with Crippen molar-refractivity contribution >= 4 is 10.8 Å². The van der Waals surface area contributed by atoms with Gasteiger partial charge in [0.05, 0.1) is 15.7 Å². The summed E-state index contributed by atoms with van der Waals surface area (Å²) >= 11 is 0. The fraction of sp³-hybridized carbons (Fsp3) is 0.600. The second-order valence-corrected chi connectivity index (χ2v) is 6.99. The second kappa shape index (κ2) is 6.62. The molecule has 0 saturated heterocycles. The minimum absolute atomic E-state index is 0.000556. The lowest BCUT2D eigenvalue weighted by Gasteiger charge is -2.34. The molecule has 1 aromatic rings. The highest BCUT2D eigenvalue weighted by atomic mass is 32.2. The summed E-state index contributed by atoms with van der Waals surface area (Å²) < 4.78 is 26.4. The van der Waals surface area contributed by atoms with Crippen LogP contribution in [0.2, 0.25) is 0 Å². The van der Waals surface area contributed by atoms with Gasteiger partial charge in [-0.1, -0.05) is 31.9 Å². The number of hydrogen-bond acceptors (Lipinski definition) is 2. The van der Waals surface area contributed by atoms with Crippen LogP contribution < -0.4 is 5.73 Å². The van der Waals surface area contributed by atoms with Gasteiger partial charge in [-0.05, 0) is 43.4 Å². The van der Waals surface area contributed by atoms with Crippen molar-refractivity contribution in [1.82, 2.24) is 0 Å². The summed E-state index contributed by atoms with van der Waals surface area (Å²) in [4.78, 5) is 0.336. The zero-order valence-corrected chi connectivity index (χ0v) is 12.2. The maximum absolute atomic E-state index is 13.8. The van der Waals surface area contributed by atoms with Crippen molar-refractivity contribution in [3.8, 4) is 0 Å². The van der Waals surface area contributed by atoms with Gasteiger partial charge in [-0.3, -0.25) is 4.21 Å². The molecule has 4 atom stereocenters. The molecule has 0 radical (unpaired) electrons. The van der Waals surface area contributed by atoms with Crippen molar-refractivity contribution in [2.75, 3.05) is 6.54 Å². The van der Waals surface area contributed by atoms with Crippen LogP contribution in [0.4, 0.5) is 4.39 Å². The monoisotopic (exact) mass is 283 g/mol. The van der Waals surface area contributed by atoms with Gasteiger partial charge in [0.1, 0.15) is 5.82 Å². The van der Waals surface area contributed by atoms with E-state index in [-0.39, 0.29) is 17.0 Å². The first-order chi connectivity index (χ1) is 9.17. The predicted molar refractivity (Wildman–Crippen MR) is 76.8 cm³/mol. The van der Waals surface area contributed by atoms with E-state index in [1.165, 1.54) is 6.07 Å². The van der Waals surface area contributed by atoms with Gasteiger partial charge in [0.25, 0.3) is 0 Å². The van der Waals surface area contributed by atoms with Crippen molar-refractivity contribution < 1.29 is 8.60 Å². The van der Waals surface area contributed by atoms with Gasteiger partial charge in [0.15, 0.2) is 0 Å². The Morgan fingerprint density at radius 3 is 2.74 bits per heavy atom. The number of nitrogens with two attached hydrogens (primary N) is 1. The highest BCUT2D eigenvalue weighted by Crippen LogP contribution is 2.35. The standard InChI is InChI=1S/C15H22FNOS/c1-2-11-7-8-12(10-17)15(9-11)19(18)14-6-4-3-5-13(14)16/h3-6,11-12,15H,2,7-10,17H2,1H3. The second-order valence-electron chi connectivity index (χ2n) is 5.35. The van der Waals surface area contributed by atoms with E-state index < -0.39 is 10.8 Å². The fourth-order valence-corrected chi connectivity index (χ4v) is 4.79. The number of benzene rings is 1. The van der Waals surface area contributed by atoms with Gasteiger partial charge in [0.2, 0.25) is 0 Å². The Kier molecular flexibility index (Phi) is 5.11. The van der Waals surface area contributed by atoms with E-state index in [2.05, 4.69) is 6.92 Å². The fourth-order valence-electron chi connectivity index (χ4n) is 2.95. The zero-order chi connectivity index (χ0) is 13.8. The molecule has 2 rings (SSSR count). The average molecular weight is 283 g/mol. The van der Waals surface area contributed by atoms with Crippen molar-refractivity contribution in [1.29, 1.82) is 0 Å². The summed E-state index contributed by atoms with van der Waals surface area (Å²) in [7, 11) is -1.29. The van der Waals surface area contributed by atoms with Crippen LogP contribution in [0.25, 0.3) is 0 Å². The minimum Gasteiger partial charge on any atom is -0.330 e. The molecule has 1 aliphatic rings. The zero-order valence-electron chi connectivity index (χ0n) is 11.3. The largest absolute Gasteiger partial charge is 0.330 e. The average Bonchev–Trinajstić information content (AvgIpc) is 2.46. The van der Waals surface area contributed by atoms with Gasteiger partial charge in [-0.2, -0.15) is 0 Å². The Morgan fingerprint density at radius 2 is 2.11 bits per heavy atom. The SMILES string of the molecule is CCC1CCC(CN)C(S(=O)c2ccccc2F)C1. The van der Waals surface area contributed by atoms with Gasteiger partial charge in [-0.15, -0.1) is 0 Å². The van der Waals surface area contributed by atoms with Crippen molar-refractivity contribution in [2.24, 2.45) is 17.6 Å². The molecule has 19 heavy (non-hydrogen) atoms. The lowest BCUT2D eigenvalue weighted by atomic mass is 9.80. The van der Waals surface area contributed by atoms with Crippen LogP contribution in [0.3, 0.4) is 0 Å². The molecule has 1 fully saturated rings. The van der Waals surface area contributed by atoms with E-state index >= 15 is 0 Å². The lowest BCUT2D eigenvalue weighted by Crippen LogP contribution is -2.37. The molecule has 2 nitrogen and oxygen atoms in total. The Morgan fingerprint density at radius 1 is 1.37 bits per heavy atom. The topological polar surface area (TPSA) is 43.1 Å². The van der Waals surface area contributed by atoms with Crippen LogP contribution in [0.1, 0.15) is 32.6 Å². The molecule has 1 aromatic carbocycles. The molecule has 1 aliphatic carbocycles. The molecular formula is C15H22FNOS. The van der Waals surface area contributed by atoms with Crippen LogP contribution in [0.15, 0.2) is 29.2 Å². The molecule has 0 heterocycles. The molecule has 0 spiro atoms. The maximum Gasteiger partial charge on any atom is 0.139 e. The summed E-state index contributed by atoms with van der Waals surface area (Å²) in [5, 5.41) is 0.000556. The summed E-state index contributed by atoms with van der Waals surface area (Å²) in [5.41, 5.74) is 5.81. The van der Waals surface area contributed by atoms with E-state index in [0.29, 0.717) is 17.4 Å². The first kappa shape index (κ1) is 14.7. The van der Waals surface area contributed by atoms with Gasteiger partial charge < -0.3 is 5.73 Å². The highest BCUT2D eigenvalue weighted by Gasteiger charge is 2.34. The Labute approximate surface area is 117 Å². The van der Waals surface area contributed by atoms with E-state index in [1.807, 2.05) is 0 Å². The van der Waals surface area contributed by atoms with Gasteiger partial charge >= 0.3 is 0 Å². The van der Waals surface area contributed by atoms with Crippen molar-refractivity contribution in [2.45, 2.75) is 42.8 Å². The third-order valence-electron chi connectivity index (χ3n) is 4.25. The quantitative estimate of drug-likeness (QED) is 0.922. The summed E-state index contributed by atoms with van der Waals surface area (Å²) in [5.74, 6) is 0.488. The summed E-state index contributed by atoms with van der Waals surface area (Å²) in [6, 6.07) is 6.39. The van der Waals surface area contributed by atoms with Crippen LogP contribution in [-0.2, 0) is 10.8 Å².